The standard InChI is InChI=1S/C17H21FN4O/c18-15-6-4-13(5-7-15)10-14-2-1-3-16(14)21-17(23)8-9-22-12-19-11-20-22/h4-7,11-12,14,16H,1-3,8-10H2,(H,21,23)/t14-,16-/m0/s1. The molecule has 1 aliphatic rings. The van der Waals surface area contributed by atoms with Crippen molar-refractivity contribution >= 4 is 5.91 Å². The topological polar surface area (TPSA) is 59.8 Å². The molecule has 1 aromatic carbocycles. The lowest BCUT2D eigenvalue weighted by molar-refractivity contribution is -0.122. The summed E-state index contributed by atoms with van der Waals surface area (Å²) < 4.78 is 14.6. The molecule has 122 valence electrons. The molecule has 5 nitrogen and oxygen atoms in total. The summed E-state index contributed by atoms with van der Waals surface area (Å²) in [5.41, 5.74) is 1.13. The average Bonchev–Trinajstić information content (AvgIpc) is 3.20. The number of nitrogens with one attached hydrogen (secondary N) is 1. The Bertz CT molecular complexity index is 627. The van der Waals surface area contributed by atoms with E-state index in [1.165, 1.54) is 18.5 Å². The number of amides is 1. The Labute approximate surface area is 134 Å². The Hall–Kier alpha value is -2.24. The summed E-state index contributed by atoms with van der Waals surface area (Å²) in [7, 11) is 0. The molecule has 1 saturated carbocycles. The number of carbonyl (C=O) groups is 1. The minimum atomic E-state index is -0.210. The van der Waals surface area contributed by atoms with Crippen LogP contribution in [-0.2, 0) is 17.8 Å². The highest BCUT2D eigenvalue weighted by molar-refractivity contribution is 5.76. The molecule has 0 aliphatic heterocycles. The Morgan fingerprint density at radius 2 is 2.13 bits per heavy atom. The van der Waals surface area contributed by atoms with Crippen LogP contribution >= 0.6 is 0 Å². The quantitative estimate of drug-likeness (QED) is 0.890. The van der Waals surface area contributed by atoms with E-state index in [2.05, 4.69) is 15.4 Å². The summed E-state index contributed by atoms with van der Waals surface area (Å²) in [5.74, 6) is 0.269. The van der Waals surface area contributed by atoms with Gasteiger partial charge < -0.3 is 5.32 Å². The maximum Gasteiger partial charge on any atom is 0.222 e. The van der Waals surface area contributed by atoms with Crippen LogP contribution in [0.25, 0.3) is 0 Å². The summed E-state index contributed by atoms with van der Waals surface area (Å²) in [5, 5.41) is 7.14. The summed E-state index contributed by atoms with van der Waals surface area (Å²) in [6.45, 7) is 0.543. The van der Waals surface area contributed by atoms with E-state index in [1.54, 1.807) is 11.0 Å². The fraction of sp³-hybridized carbons (Fsp3) is 0.471. The normalized spacial score (nSPS) is 20.6. The van der Waals surface area contributed by atoms with E-state index in [9.17, 15) is 9.18 Å². The Kier molecular flexibility index (Phi) is 5.00. The molecule has 1 amide bonds. The second-order valence-electron chi connectivity index (χ2n) is 6.10. The van der Waals surface area contributed by atoms with E-state index in [4.69, 9.17) is 0 Å². The smallest absolute Gasteiger partial charge is 0.222 e. The van der Waals surface area contributed by atoms with E-state index < -0.39 is 0 Å². The molecular weight excluding hydrogens is 295 g/mol. The lowest BCUT2D eigenvalue weighted by Crippen LogP contribution is -2.38. The molecule has 0 unspecified atom stereocenters. The second kappa shape index (κ2) is 7.35. The molecule has 2 atom stereocenters. The van der Waals surface area contributed by atoms with Crippen molar-refractivity contribution in [2.24, 2.45) is 5.92 Å². The first-order chi connectivity index (χ1) is 11.2. The van der Waals surface area contributed by atoms with Gasteiger partial charge in [0.1, 0.15) is 18.5 Å². The van der Waals surface area contributed by atoms with E-state index in [0.29, 0.717) is 18.9 Å². The summed E-state index contributed by atoms with van der Waals surface area (Å²) in [6.07, 6.45) is 7.61. The predicted molar refractivity (Wildman–Crippen MR) is 84.0 cm³/mol. The molecule has 0 spiro atoms. The van der Waals surface area contributed by atoms with E-state index in [-0.39, 0.29) is 17.8 Å². The van der Waals surface area contributed by atoms with Gasteiger partial charge in [-0.15, -0.1) is 0 Å². The lowest BCUT2D eigenvalue weighted by atomic mass is 9.94. The van der Waals surface area contributed by atoms with Crippen molar-refractivity contribution in [3.05, 3.63) is 48.3 Å². The van der Waals surface area contributed by atoms with Gasteiger partial charge in [-0.05, 0) is 42.9 Å². The van der Waals surface area contributed by atoms with Crippen LogP contribution in [0.15, 0.2) is 36.9 Å². The zero-order chi connectivity index (χ0) is 16.1. The van der Waals surface area contributed by atoms with E-state index in [1.807, 2.05) is 12.1 Å². The number of halogens is 1. The second-order valence-corrected chi connectivity index (χ2v) is 6.10. The molecule has 3 rings (SSSR count). The number of aryl methyl sites for hydroxylation is 1. The summed E-state index contributed by atoms with van der Waals surface area (Å²) in [6, 6.07) is 6.86. The monoisotopic (exact) mass is 316 g/mol. The van der Waals surface area contributed by atoms with Crippen molar-refractivity contribution in [3.63, 3.8) is 0 Å². The van der Waals surface area contributed by atoms with Crippen molar-refractivity contribution in [2.45, 2.75) is 44.7 Å². The van der Waals surface area contributed by atoms with Gasteiger partial charge in [-0.25, -0.2) is 9.37 Å². The van der Waals surface area contributed by atoms with Gasteiger partial charge >= 0.3 is 0 Å². The fourth-order valence-electron chi connectivity index (χ4n) is 3.24. The minimum absolute atomic E-state index is 0.0523. The van der Waals surface area contributed by atoms with Gasteiger partial charge in [0.25, 0.3) is 0 Å². The molecule has 0 radical (unpaired) electrons. The first kappa shape index (κ1) is 15.6. The highest BCUT2D eigenvalue weighted by Gasteiger charge is 2.28. The number of rotatable bonds is 6. The van der Waals surface area contributed by atoms with Crippen molar-refractivity contribution in [3.8, 4) is 0 Å². The van der Waals surface area contributed by atoms with Crippen molar-refractivity contribution < 1.29 is 9.18 Å². The average molecular weight is 316 g/mol. The molecule has 0 bridgehead atoms. The number of aromatic nitrogens is 3. The molecule has 1 N–H and O–H groups in total. The number of benzene rings is 1. The van der Waals surface area contributed by atoms with Crippen LogP contribution in [0.4, 0.5) is 4.39 Å². The molecule has 0 saturated heterocycles. The molecule has 1 heterocycles. The highest BCUT2D eigenvalue weighted by atomic mass is 19.1. The van der Waals surface area contributed by atoms with Crippen LogP contribution < -0.4 is 5.32 Å². The van der Waals surface area contributed by atoms with Gasteiger partial charge in [-0.2, -0.15) is 5.10 Å². The lowest BCUT2D eigenvalue weighted by Gasteiger charge is -2.21. The van der Waals surface area contributed by atoms with Gasteiger partial charge in [0, 0.05) is 12.5 Å². The zero-order valence-corrected chi connectivity index (χ0v) is 13.0. The largest absolute Gasteiger partial charge is 0.353 e. The Morgan fingerprint density at radius 1 is 1.30 bits per heavy atom. The van der Waals surface area contributed by atoms with Crippen molar-refractivity contribution in [2.75, 3.05) is 0 Å². The number of carbonyl (C=O) groups excluding carboxylic acids is 1. The van der Waals surface area contributed by atoms with Crippen LogP contribution in [0, 0.1) is 11.7 Å². The SMILES string of the molecule is O=C(CCn1cncn1)N[C@H]1CCC[C@H]1Cc1ccc(F)cc1. The van der Waals surface area contributed by atoms with Crippen LogP contribution in [-0.4, -0.2) is 26.7 Å². The first-order valence-corrected chi connectivity index (χ1v) is 8.07. The third-order valence-corrected chi connectivity index (χ3v) is 4.45. The van der Waals surface area contributed by atoms with Crippen LogP contribution in [0.2, 0.25) is 0 Å². The maximum absolute atomic E-state index is 13.0. The third kappa shape index (κ3) is 4.37. The molecule has 23 heavy (non-hydrogen) atoms. The molecule has 1 aromatic heterocycles. The molecule has 2 aromatic rings. The first-order valence-electron chi connectivity index (χ1n) is 8.07. The molecule has 1 fully saturated rings. The summed E-state index contributed by atoms with van der Waals surface area (Å²) >= 11 is 0. The van der Waals surface area contributed by atoms with Gasteiger partial charge in [0.2, 0.25) is 5.91 Å². The maximum atomic E-state index is 13.0. The van der Waals surface area contributed by atoms with E-state index >= 15 is 0 Å². The third-order valence-electron chi connectivity index (χ3n) is 4.45. The Balaban J connectivity index is 1.50. The van der Waals surface area contributed by atoms with Gasteiger partial charge in [0.15, 0.2) is 0 Å². The van der Waals surface area contributed by atoms with Gasteiger partial charge in [0.05, 0.1) is 6.54 Å². The van der Waals surface area contributed by atoms with Crippen LogP contribution in [0.1, 0.15) is 31.2 Å². The van der Waals surface area contributed by atoms with Crippen LogP contribution in [0.3, 0.4) is 0 Å². The van der Waals surface area contributed by atoms with E-state index in [0.717, 1.165) is 31.2 Å². The highest BCUT2D eigenvalue weighted by Crippen LogP contribution is 2.29. The zero-order valence-electron chi connectivity index (χ0n) is 13.0. The molecular formula is C17H21FN4O. The van der Waals surface area contributed by atoms with Crippen molar-refractivity contribution in [1.29, 1.82) is 0 Å². The van der Waals surface area contributed by atoms with Crippen molar-refractivity contribution in [1.82, 2.24) is 20.1 Å². The predicted octanol–water partition coefficient (Wildman–Crippen LogP) is 2.33. The fourth-order valence-corrected chi connectivity index (χ4v) is 3.24. The molecule has 6 heteroatoms. The number of nitrogens with zero attached hydrogens (tertiary/aromatic N) is 3. The summed E-state index contributed by atoms with van der Waals surface area (Å²) in [4.78, 5) is 16.0. The van der Waals surface area contributed by atoms with Crippen LogP contribution in [0.5, 0.6) is 0 Å². The number of hydrogen-bond acceptors (Lipinski definition) is 3. The Morgan fingerprint density at radius 3 is 2.87 bits per heavy atom. The van der Waals surface area contributed by atoms with Gasteiger partial charge in [-0.1, -0.05) is 18.6 Å². The number of hydrogen-bond donors (Lipinski definition) is 1. The minimum Gasteiger partial charge on any atom is -0.353 e. The molecule has 1 aliphatic carbocycles. The van der Waals surface area contributed by atoms with Gasteiger partial charge in [-0.3, -0.25) is 9.48 Å².